The summed E-state index contributed by atoms with van der Waals surface area (Å²) in [6.45, 7) is 0. The average Bonchev–Trinajstić information content (AvgIpc) is 2.57. The van der Waals surface area contributed by atoms with Crippen molar-refractivity contribution in [2.24, 2.45) is 5.73 Å². The van der Waals surface area contributed by atoms with Crippen molar-refractivity contribution in [3.63, 3.8) is 0 Å². The minimum Gasteiger partial charge on any atom is -0.474 e. The van der Waals surface area contributed by atoms with Gasteiger partial charge in [-0.2, -0.15) is 0 Å². The van der Waals surface area contributed by atoms with Crippen LogP contribution < -0.4 is 15.8 Å². The second-order valence-corrected chi connectivity index (χ2v) is 6.01. The van der Waals surface area contributed by atoms with E-state index in [-0.39, 0.29) is 11.4 Å². The Labute approximate surface area is 144 Å². The molecule has 2 heterocycles. The van der Waals surface area contributed by atoms with Gasteiger partial charge in [0.15, 0.2) is 0 Å². The van der Waals surface area contributed by atoms with Gasteiger partial charge in [0.05, 0.1) is 0 Å². The predicted octanol–water partition coefficient (Wildman–Crippen LogP) is 2.43. The summed E-state index contributed by atoms with van der Waals surface area (Å²) in [6.07, 6.45) is 6.78. The maximum atomic E-state index is 11.4. The first-order chi connectivity index (χ1) is 11.6. The van der Waals surface area contributed by atoms with E-state index in [9.17, 15) is 4.79 Å². The van der Waals surface area contributed by atoms with Crippen LogP contribution in [0.4, 0.5) is 5.82 Å². The molecule has 0 unspecified atom stereocenters. The molecular weight excluding hydrogens is 330 g/mol. The standard InChI is InChI=1S/C16H18ClN5O2/c17-16-20-9-7-13(22-16)21-10-3-5-11(6-4-10)24-15-12(14(18)23)2-1-8-19-15/h1-2,7-11H,3-6H2,(H2,18,23)(H,20,21,22)/t10-,11-. The van der Waals surface area contributed by atoms with Gasteiger partial charge in [0.1, 0.15) is 17.5 Å². The Hall–Kier alpha value is -2.41. The molecule has 3 N–H and O–H groups in total. The Bertz CT molecular complexity index is 719. The highest BCUT2D eigenvalue weighted by Crippen LogP contribution is 2.26. The highest BCUT2D eigenvalue weighted by atomic mass is 35.5. The second-order valence-electron chi connectivity index (χ2n) is 5.67. The van der Waals surface area contributed by atoms with E-state index < -0.39 is 5.91 Å². The Morgan fingerprint density at radius 2 is 2.00 bits per heavy atom. The molecule has 0 atom stereocenters. The van der Waals surface area contributed by atoms with Crippen molar-refractivity contribution in [1.29, 1.82) is 0 Å². The van der Waals surface area contributed by atoms with Gasteiger partial charge in [0, 0.05) is 18.4 Å². The fourth-order valence-electron chi connectivity index (χ4n) is 2.78. The number of rotatable bonds is 5. The van der Waals surface area contributed by atoms with Crippen LogP contribution in [0.2, 0.25) is 5.28 Å². The van der Waals surface area contributed by atoms with Crippen LogP contribution in [0.25, 0.3) is 0 Å². The number of amides is 1. The summed E-state index contributed by atoms with van der Waals surface area (Å²) in [5.74, 6) is 0.498. The third kappa shape index (κ3) is 4.11. The van der Waals surface area contributed by atoms with E-state index in [0.29, 0.717) is 17.5 Å². The maximum absolute atomic E-state index is 11.4. The highest BCUT2D eigenvalue weighted by Gasteiger charge is 2.24. The summed E-state index contributed by atoms with van der Waals surface area (Å²) in [5, 5.41) is 3.58. The smallest absolute Gasteiger partial charge is 0.254 e. The van der Waals surface area contributed by atoms with Crippen molar-refractivity contribution in [2.75, 3.05) is 5.32 Å². The zero-order valence-electron chi connectivity index (χ0n) is 13.0. The number of halogens is 1. The van der Waals surface area contributed by atoms with Crippen LogP contribution in [0.5, 0.6) is 5.88 Å². The van der Waals surface area contributed by atoms with Gasteiger partial charge >= 0.3 is 0 Å². The van der Waals surface area contributed by atoms with E-state index in [1.54, 1.807) is 30.6 Å². The Balaban J connectivity index is 1.55. The Morgan fingerprint density at radius 1 is 1.21 bits per heavy atom. The quantitative estimate of drug-likeness (QED) is 0.805. The van der Waals surface area contributed by atoms with E-state index in [1.165, 1.54) is 0 Å². The number of aromatic nitrogens is 3. The van der Waals surface area contributed by atoms with Gasteiger partial charge < -0.3 is 15.8 Å². The van der Waals surface area contributed by atoms with Crippen LogP contribution in [0.15, 0.2) is 30.6 Å². The monoisotopic (exact) mass is 347 g/mol. The molecule has 0 bridgehead atoms. The number of carbonyl (C=O) groups excluding carboxylic acids is 1. The van der Waals surface area contributed by atoms with Crippen molar-refractivity contribution in [3.8, 4) is 5.88 Å². The largest absolute Gasteiger partial charge is 0.474 e. The molecule has 8 heteroatoms. The minimum atomic E-state index is -0.533. The number of hydrogen-bond donors (Lipinski definition) is 2. The van der Waals surface area contributed by atoms with Gasteiger partial charge in [-0.25, -0.2) is 15.0 Å². The third-order valence-electron chi connectivity index (χ3n) is 3.97. The number of nitrogens with zero attached hydrogens (tertiary/aromatic N) is 3. The molecule has 1 amide bonds. The number of primary amides is 1. The number of carbonyl (C=O) groups is 1. The lowest BCUT2D eigenvalue weighted by Gasteiger charge is -2.29. The van der Waals surface area contributed by atoms with E-state index in [2.05, 4.69) is 20.3 Å². The molecule has 0 aromatic carbocycles. The van der Waals surface area contributed by atoms with E-state index in [1.807, 2.05) is 0 Å². The van der Waals surface area contributed by atoms with Crippen LogP contribution in [0, 0.1) is 0 Å². The first-order valence-corrected chi connectivity index (χ1v) is 8.16. The molecule has 3 rings (SSSR count). The van der Waals surface area contributed by atoms with Crippen LogP contribution in [0.1, 0.15) is 36.0 Å². The lowest BCUT2D eigenvalue weighted by atomic mass is 9.93. The lowest BCUT2D eigenvalue weighted by Crippen LogP contribution is -2.32. The topological polar surface area (TPSA) is 103 Å². The summed E-state index contributed by atoms with van der Waals surface area (Å²) < 4.78 is 5.88. The maximum Gasteiger partial charge on any atom is 0.254 e. The highest BCUT2D eigenvalue weighted by molar-refractivity contribution is 6.28. The van der Waals surface area contributed by atoms with Gasteiger partial charge in [0.2, 0.25) is 11.2 Å². The normalized spacial score (nSPS) is 20.4. The van der Waals surface area contributed by atoms with Crippen molar-refractivity contribution in [3.05, 3.63) is 41.4 Å². The number of nitrogens with one attached hydrogen (secondary N) is 1. The van der Waals surface area contributed by atoms with Crippen molar-refractivity contribution >= 4 is 23.3 Å². The van der Waals surface area contributed by atoms with Crippen molar-refractivity contribution < 1.29 is 9.53 Å². The molecule has 2 aromatic rings. The molecule has 1 saturated carbocycles. The zero-order valence-corrected chi connectivity index (χ0v) is 13.7. The summed E-state index contributed by atoms with van der Waals surface area (Å²) in [7, 11) is 0. The third-order valence-corrected chi connectivity index (χ3v) is 4.15. The Kier molecular flexibility index (Phi) is 5.10. The number of nitrogens with two attached hydrogens (primary N) is 1. The molecule has 0 saturated heterocycles. The van der Waals surface area contributed by atoms with Gasteiger partial charge in [-0.05, 0) is 55.5 Å². The SMILES string of the molecule is NC(=O)c1cccnc1O[C@H]1CC[C@H](Nc2ccnc(Cl)n2)CC1. The fraction of sp³-hybridized carbons (Fsp3) is 0.375. The van der Waals surface area contributed by atoms with Crippen molar-refractivity contribution in [1.82, 2.24) is 15.0 Å². The molecular formula is C16H18ClN5O2. The van der Waals surface area contributed by atoms with Crippen LogP contribution in [-0.4, -0.2) is 33.0 Å². The molecule has 7 nitrogen and oxygen atoms in total. The van der Waals surface area contributed by atoms with E-state index >= 15 is 0 Å². The van der Waals surface area contributed by atoms with Crippen LogP contribution in [0.3, 0.4) is 0 Å². The van der Waals surface area contributed by atoms with Gasteiger partial charge in [-0.3, -0.25) is 4.79 Å². The van der Waals surface area contributed by atoms with Crippen LogP contribution >= 0.6 is 11.6 Å². The number of anilines is 1. The zero-order chi connectivity index (χ0) is 16.9. The summed E-state index contributed by atoms with van der Waals surface area (Å²) in [5.41, 5.74) is 5.66. The first kappa shape index (κ1) is 16.4. The molecule has 24 heavy (non-hydrogen) atoms. The summed E-state index contributed by atoms with van der Waals surface area (Å²) in [6, 6.07) is 5.38. The second kappa shape index (κ2) is 7.44. The average molecular weight is 348 g/mol. The van der Waals surface area contributed by atoms with Gasteiger partial charge in [-0.15, -0.1) is 0 Å². The molecule has 1 fully saturated rings. The fourth-order valence-corrected chi connectivity index (χ4v) is 2.93. The first-order valence-electron chi connectivity index (χ1n) is 7.78. The molecule has 2 aromatic heterocycles. The molecule has 0 aliphatic heterocycles. The molecule has 0 spiro atoms. The minimum absolute atomic E-state index is 0.0186. The van der Waals surface area contributed by atoms with E-state index in [4.69, 9.17) is 22.1 Å². The summed E-state index contributed by atoms with van der Waals surface area (Å²) in [4.78, 5) is 23.5. The molecule has 0 radical (unpaired) electrons. The summed E-state index contributed by atoms with van der Waals surface area (Å²) >= 11 is 5.79. The molecule has 1 aliphatic carbocycles. The van der Waals surface area contributed by atoms with Crippen molar-refractivity contribution in [2.45, 2.75) is 37.8 Å². The molecule has 1 aliphatic rings. The van der Waals surface area contributed by atoms with E-state index in [0.717, 1.165) is 31.5 Å². The van der Waals surface area contributed by atoms with Gasteiger partial charge in [0.25, 0.3) is 5.91 Å². The Morgan fingerprint density at radius 3 is 2.71 bits per heavy atom. The van der Waals surface area contributed by atoms with Gasteiger partial charge in [-0.1, -0.05) is 0 Å². The van der Waals surface area contributed by atoms with Crippen LogP contribution in [-0.2, 0) is 0 Å². The lowest BCUT2D eigenvalue weighted by molar-refractivity contribution is 0.0983. The number of ether oxygens (including phenoxy) is 1. The molecule has 126 valence electrons. The number of pyridine rings is 1. The number of hydrogen-bond acceptors (Lipinski definition) is 6. The predicted molar refractivity (Wildman–Crippen MR) is 90.1 cm³/mol.